The number of ether oxygens (including phenoxy) is 2. The molecule has 0 atom stereocenters. The van der Waals surface area contributed by atoms with Gasteiger partial charge in [0.15, 0.2) is 0 Å². The SMILES string of the molecule is COc1ccc(OC)c(NC(=O)CSCc2cn3cc(C)ccc3n2)c1. The number of hydrogen-bond acceptors (Lipinski definition) is 5. The number of hydrogen-bond donors (Lipinski definition) is 1. The summed E-state index contributed by atoms with van der Waals surface area (Å²) >= 11 is 1.52. The summed E-state index contributed by atoms with van der Waals surface area (Å²) in [5.41, 5.74) is 3.64. The van der Waals surface area contributed by atoms with E-state index in [0.717, 1.165) is 11.3 Å². The summed E-state index contributed by atoms with van der Waals surface area (Å²) in [5, 5.41) is 2.87. The van der Waals surface area contributed by atoms with E-state index in [1.165, 1.54) is 17.3 Å². The van der Waals surface area contributed by atoms with Gasteiger partial charge < -0.3 is 19.2 Å². The normalized spacial score (nSPS) is 10.7. The lowest BCUT2D eigenvalue weighted by Crippen LogP contribution is -2.15. The van der Waals surface area contributed by atoms with Gasteiger partial charge in [-0.25, -0.2) is 4.98 Å². The number of benzene rings is 1. The predicted molar refractivity (Wildman–Crippen MR) is 104 cm³/mol. The maximum atomic E-state index is 12.2. The van der Waals surface area contributed by atoms with Crippen LogP contribution in [0.2, 0.25) is 0 Å². The summed E-state index contributed by atoms with van der Waals surface area (Å²) in [7, 11) is 3.15. The molecule has 0 radical (unpaired) electrons. The number of aryl methyl sites for hydroxylation is 1. The fraction of sp³-hybridized carbons (Fsp3) is 0.263. The van der Waals surface area contributed by atoms with E-state index >= 15 is 0 Å². The zero-order valence-corrected chi connectivity index (χ0v) is 15.8. The van der Waals surface area contributed by atoms with Crippen LogP contribution in [0.15, 0.2) is 42.7 Å². The maximum Gasteiger partial charge on any atom is 0.234 e. The molecular weight excluding hydrogens is 350 g/mol. The molecule has 0 unspecified atom stereocenters. The number of thioether (sulfide) groups is 1. The Morgan fingerprint density at radius 2 is 2.04 bits per heavy atom. The van der Waals surface area contributed by atoms with Crippen LogP contribution in [0.3, 0.4) is 0 Å². The quantitative estimate of drug-likeness (QED) is 0.688. The Hall–Kier alpha value is -2.67. The lowest BCUT2D eigenvalue weighted by atomic mass is 10.2. The zero-order valence-electron chi connectivity index (χ0n) is 15.0. The molecule has 6 nitrogen and oxygen atoms in total. The van der Waals surface area contributed by atoms with Gasteiger partial charge in [-0.1, -0.05) is 6.07 Å². The topological polar surface area (TPSA) is 64.9 Å². The largest absolute Gasteiger partial charge is 0.497 e. The Balaban J connectivity index is 1.57. The molecule has 0 aliphatic carbocycles. The van der Waals surface area contributed by atoms with Crippen molar-refractivity contribution < 1.29 is 14.3 Å². The first kappa shape index (κ1) is 18.1. The molecule has 2 aromatic heterocycles. The minimum absolute atomic E-state index is 0.0961. The number of nitrogens with one attached hydrogen (secondary N) is 1. The van der Waals surface area contributed by atoms with Crippen molar-refractivity contribution in [3.63, 3.8) is 0 Å². The van der Waals surface area contributed by atoms with Gasteiger partial charge in [-0.15, -0.1) is 11.8 Å². The van der Waals surface area contributed by atoms with Crippen LogP contribution in [-0.2, 0) is 10.5 Å². The zero-order chi connectivity index (χ0) is 18.5. The highest BCUT2D eigenvalue weighted by atomic mass is 32.2. The van der Waals surface area contributed by atoms with Crippen molar-refractivity contribution in [1.29, 1.82) is 0 Å². The lowest BCUT2D eigenvalue weighted by Gasteiger charge is -2.11. The van der Waals surface area contributed by atoms with Crippen molar-refractivity contribution in [1.82, 2.24) is 9.38 Å². The lowest BCUT2D eigenvalue weighted by molar-refractivity contribution is -0.113. The van der Waals surface area contributed by atoms with Crippen LogP contribution in [-0.4, -0.2) is 35.3 Å². The molecule has 1 aromatic carbocycles. The molecule has 0 bridgehead atoms. The van der Waals surface area contributed by atoms with E-state index in [0.29, 0.717) is 28.7 Å². The number of carbonyl (C=O) groups excluding carboxylic acids is 1. The highest BCUT2D eigenvalue weighted by molar-refractivity contribution is 7.99. The molecule has 3 aromatic rings. The first-order valence-electron chi connectivity index (χ1n) is 8.13. The summed E-state index contributed by atoms with van der Waals surface area (Å²) in [6.45, 7) is 2.05. The van der Waals surface area contributed by atoms with E-state index in [4.69, 9.17) is 9.47 Å². The third kappa shape index (κ3) is 4.29. The Morgan fingerprint density at radius 1 is 1.19 bits per heavy atom. The number of imidazole rings is 1. The number of carbonyl (C=O) groups is 1. The molecule has 1 N–H and O–H groups in total. The van der Waals surface area contributed by atoms with E-state index in [-0.39, 0.29) is 5.91 Å². The maximum absolute atomic E-state index is 12.2. The standard InChI is InChI=1S/C19H21N3O3S/c1-13-4-7-18-20-14(10-22(18)9-13)11-26-12-19(23)21-16-8-15(24-2)5-6-17(16)25-3/h4-10H,11-12H2,1-3H3,(H,21,23). The van der Waals surface area contributed by atoms with Crippen molar-refractivity contribution in [2.24, 2.45) is 0 Å². The molecule has 0 fully saturated rings. The number of methoxy groups -OCH3 is 2. The molecule has 7 heteroatoms. The highest BCUT2D eigenvalue weighted by Gasteiger charge is 2.10. The van der Waals surface area contributed by atoms with Crippen molar-refractivity contribution in [2.75, 3.05) is 25.3 Å². The van der Waals surface area contributed by atoms with Crippen molar-refractivity contribution in [2.45, 2.75) is 12.7 Å². The Labute approximate surface area is 156 Å². The van der Waals surface area contributed by atoms with Gasteiger partial charge in [-0.2, -0.15) is 0 Å². The minimum atomic E-state index is -0.0961. The molecule has 136 valence electrons. The molecule has 2 heterocycles. The van der Waals surface area contributed by atoms with E-state index < -0.39 is 0 Å². The van der Waals surface area contributed by atoms with Crippen LogP contribution in [0.25, 0.3) is 5.65 Å². The Kier molecular flexibility index (Phi) is 5.68. The van der Waals surface area contributed by atoms with E-state index in [2.05, 4.69) is 10.3 Å². The third-order valence-corrected chi connectivity index (χ3v) is 4.78. The first-order valence-corrected chi connectivity index (χ1v) is 9.28. The number of aromatic nitrogens is 2. The van der Waals surface area contributed by atoms with Gasteiger partial charge in [-0.3, -0.25) is 4.79 Å². The summed E-state index contributed by atoms with van der Waals surface area (Å²) in [4.78, 5) is 16.8. The number of nitrogens with zero attached hydrogens (tertiary/aromatic N) is 2. The minimum Gasteiger partial charge on any atom is -0.497 e. The van der Waals surface area contributed by atoms with Crippen LogP contribution < -0.4 is 14.8 Å². The monoisotopic (exact) mass is 371 g/mol. The molecule has 0 aliphatic heterocycles. The second kappa shape index (κ2) is 8.14. The van der Waals surface area contributed by atoms with Crippen LogP contribution >= 0.6 is 11.8 Å². The van der Waals surface area contributed by atoms with E-state index in [9.17, 15) is 4.79 Å². The van der Waals surface area contributed by atoms with Crippen molar-refractivity contribution in [3.05, 3.63) is 54.0 Å². The number of pyridine rings is 1. The first-order chi connectivity index (χ1) is 12.6. The van der Waals surface area contributed by atoms with Gasteiger partial charge >= 0.3 is 0 Å². The average molecular weight is 371 g/mol. The second-order valence-corrected chi connectivity index (χ2v) is 6.80. The van der Waals surface area contributed by atoms with Gasteiger partial charge in [0.25, 0.3) is 0 Å². The van der Waals surface area contributed by atoms with Crippen molar-refractivity contribution in [3.8, 4) is 11.5 Å². The predicted octanol–water partition coefficient (Wildman–Crippen LogP) is 3.53. The number of fused-ring (bicyclic) bond motifs is 1. The summed E-state index contributed by atoms with van der Waals surface area (Å²) < 4.78 is 12.5. The number of amides is 1. The summed E-state index contributed by atoms with van der Waals surface area (Å²) in [5.74, 6) is 2.16. The second-order valence-electron chi connectivity index (χ2n) is 5.81. The molecular formula is C19H21N3O3S. The summed E-state index contributed by atoms with van der Waals surface area (Å²) in [6, 6.07) is 9.32. The van der Waals surface area contributed by atoms with E-state index in [1.54, 1.807) is 32.4 Å². The van der Waals surface area contributed by atoms with Gasteiger partial charge in [0, 0.05) is 24.2 Å². The van der Waals surface area contributed by atoms with Crippen LogP contribution in [0, 0.1) is 6.92 Å². The van der Waals surface area contributed by atoms with Gasteiger partial charge in [0.1, 0.15) is 17.1 Å². The summed E-state index contributed by atoms with van der Waals surface area (Å²) in [6.07, 6.45) is 4.04. The molecule has 0 spiro atoms. The Morgan fingerprint density at radius 3 is 2.81 bits per heavy atom. The van der Waals surface area contributed by atoms with E-state index in [1.807, 2.05) is 35.9 Å². The molecule has 0 saturated carbocycles. The molecule has 0 aliphatic rings. The molecule has 0 saturated heterocycles. The van der Waals surface area contributed by atoms with Crippen LogP contribution in [0.5, 0.6) is 11.5 Å². The molecule has 26 heavy (non-hydrogen) atoms. The van der Waals surface area contributed by atoms with Gasteiger partial charge in [0.2, 0.25) is 5.91 Å². The van der Waals surface area contributed by atoms with Gasteiger partial charge in [0.05, 0.1) is 31.4 Å². The highest BCUT2D eigenvalue weighted by Crippen LogP contribution is 2.29. The molecule has 1 amide bonds. The smallest absolute Gasteiger partial charge is 0.234 e. The number of anilines is 1. The van der Waals surface area contributed by atoms with Crippen LogP contribution in [0.1, 0.15) is 11.3 Å². The van der Waals surface area contributed by atoms with Gasteiger partial charge in [-0.05, 0) is 30.7 Å². The number of rotatable bonds is 7. The third-order valence-electron chi connectivity index (χ3n) is 3.81. The molecule has 3 rings (SSSR count). The Bertz CT molecular complexity index is 924. The van der Waals surface area contributed by atoms with Crippen molar-refractivity contribution >= 4 is 29.0 Å². The fourth-order valence-electron chi connectivity index (χ4n) is 2.57. The average Bonchev–Trinajstić information content (AvgIpc) is 3.03. The fourth-order valence-corrected chi connectivity index (χ4v) is 3.28. The van der Waals surface area contributed by atoms with Crippen LogP contribution in [0.4, 0.5) is 5.69 Å².